The van der Waals surface area contributed by atoms with Gasteiger partial charge in [-0.2, -0.15) is 0 Å². The fraction of sp³-hybridized carbons (Fsp3) is 0.714. The Morgan fingerprint density at radius 2 is 1.82 bits per heavy atom. The van der Waals surface area contributed by atoms with Gasteiger partial charge in [0, 0.05) is 9.52 Å². The SMILES string of the molecule is CCCCC=C[SiH2]C.[Cl-].[Cl-].[Zr+2]. The van der Waals surface area contributed by atoms with Gasteiger partial charge in [0.2, 0.25) is 0 Å². The van der Waals surface area contributed by atoms with E-state index in [9.17, 15) is 0 Å². The van der Waals surface area contributed by atoms with Crippen LogP contribution in [0.4, 0.5) is 0 Å². The van der Waals surface area contributed by atoms with E-state index < -0.39 is 0 Å². The smallest absolute Gasteiger partial charge is 1.00 e. The quantitative estimate of drug-likeness (QED) is 0.365. The Labute approximate surface area is 104 Å². The monoisotopic (exact) mass is 288 g/mol. The van der Waals surface area contributed by atoms with Crippen LogP contribution >= 0.6 is 0 Å². The predicted octanol–water partition coefficient (Wildman–Crippen LogP) is -4.09. The van der Waals surface area contributed by atoms with E-state index in [4.69, 9.17) is 0 Å². The van der Waals surface area contributed by atoms with Gasteiger partial charge >= 0.3 is 26.2 Å². The normalized spacial score (nSPS) is 8.91. The van der Waals surface area contributed by atoms with Crippen molar-refractivity contribution in [2.45, 2.75) is 32.7 Å². The summed E-state index contributed by atoms with van der Waals surface area (Å²) >= 11 is 0. The summed E-state index contributed by atoms with van der Waals surface area (Å²) in [5.74, 6) is 0. The van der Waals surface area contributed by atoms with Crippen molar-refractivity contribution in [2.75, 3.05) is 0 Å². The van der Waals surface area contributed by atoms with Crippen LogP contribution in [0.25, 0.3) is 0 Å². The molecule has 0 saturated heterocycles. The van der Waals surface area contributed by atoms with Crippen LogP contribution < -0.4 is 24.8 Å². The summed E-state index contributed by atoms with van der Waals surface area (Å²) in [6, 6.07) is 0. The number of allylic oxidation sites excluding steroid dienone is 1. The van der Waals surface area contributed by atoms with E-state index >= 15 is 0 Å². The second kappa shape index (κ2) is 22.5. The molecule has 0 amide bonds. The zero-order valence-electron chi connectivity index (χ0n) is 7.24. The van der Waals surface area contributed by atoms with E-state index in [1.165, 1.54) is 19.3 Å². The number of unbranched alkanes of at least 4 members (excludes halogenated alkanes) is 2. The fourth-order valence-electron chi connectivity index (χ4n) is 0.606. The van der Waals surface area contributed by atoms with Crippen molar-refractivity contribution >= 4 is 9.52 Å². The Hall–Kier alpha value is 1.42. The van der Waals surface area contributed by atoms with Crippen LogP contribution in [-0.2, 0) is 26.2 Å². The number of hydrogen-bond donors (Lipinski definition) is 0. The molecule has 0 aliphatic rings. The molecule has 0 rings (SSSR count). The molecular weight excluding hydrogens is 274 g/mol. The summed E-state index contributed by atoms with van der Waals surface area (Å²) in [7, 11) is 0.205. The maximum atomic E-state index is 2.37. The third-order valence-electron chi connectivity index (χ3n) is 1.13. The predicted molar refractivity (Wildman–Crippen MR) is 43.1 cm³/mol. The Morgan fingerprint density at radius 1 is 1.27 bits per heavy atom. The second-order valence-electron chi connectivity index (χ2n) is 2.02. The van der Waals surface area contributed by atoms with E-state index in [-0.39, 0.29) is 60.5 Å². The molecule has 0 saturated carbocycles. The Morgan fingerprint density at radius 3 is 2.18 bits per heavy atom. The molecule has 66 valence electrons. The van der Waals surface area contributed by atoms with Crippen molar-refractivity contribution in [3.63, 3.8) is 0 Å². The van der Waals surface area contributed by atoms with Gasteiger partial charge in [-0.3, -0.25) is 0 Å². The Balaban J connectivity index is -0.0000000817. The molecule has 0 nitrogen and oxygen atoms in total. The van der Waals surface area contributed by atoms with Crippen molar-refractivity contribution in [3.8, 4) is 0 Å². The Bertz CT molecular complexity index is 69.5. The zero-order valence-corrected chi connectivity index (χ0v) is 12.6. The molecule has 0 unspecified atom stereocenters. The zero-order chi connectivity index (χ0) is 6.24. The van der Waals surface area contributed by atoms with Crippen LogP contribution in [0.2, 0.25) is 6.55 Å². The van der Waals surface area contributed by atoms with Crippen LogP contribution in [-0.4, -0.2) is 9.52 Å². The first-order valence-electron chi connectivity index (χ1n) is 3.56. The van der Waals surface area contributed by atoms with Crippen LogP contribution in [0.5, 0.6) is 0 Å². The largest absolute Gasteiger partial charge is 2.00 e. The van der Waals surface area contributed by atoms with Gasteiger partial charge in [0.15, 0.2) is 0 Å². The van der Waals surface area contributed by atoms with Crippen molar-refractivity contribution in [1.29, 1.82) is 0 Å². The number of halogens is 2. The van der Waals surface area contributed by atoms with Gasteiger partial charge in [0.05, 0.1) is 0 Å². The molecular formula is C7H16Cl2SiZr. The second-order valence-corrected chi connectivity index (χ2v) is 3.31. The van der Waals surface area contributed by atoms with Gasteiger partial charge in [0.1, 0.15) is 0 Å². The number of rotatable bonds is 4. The van der Waals surface area contributed by atoms with Crippen molar-refractivity contribution in [2.24, 2.45) is 0 Å². The molecule has 0 atom stereocenters. The van der Waals surface area contributed by atoms with Crippen molar-refractivity contribution in [3.05, 3.63) is 11.8 Å². The maximum absolute atomic E-state index is 2.37. The van der Waals surface area contributed by atoms with Crippen LogP contribution in [0.15, 0.2) is 11.8 Å². The van der Waals surface area contributed by atoms with E-state index in [2.05, 4.69) is 25.2 Å². The molecule has 0 N–H and O–H groups in total. The molecule has 0 bridgehead atoms. The first kappa shape index (κ1) is 22.8. The number of hydrogen-bond acceptors (Lipinski definition) is 0. The maximum Gasteiger partial charge on any atom is 2.00 e. The van der Waals surface area contributed by atoms with Gasteiger partial charge in [-0.05, 0) is 6.42 Å². The minimum Gasteiger partial charge on any atom is -1.00 e. The van der Waals surface area contributed by atoms with Gasteiger partial charge in [-0.15, -0.1) is 5.70 Å². The minimum absolute atomic E-state index is 0. The molecule has 0 spiro atoms. The Kier molecular flexibility index (Phi) is 46.8. The van der Waals surface area contributed by atoms with E-state index in [1.807, 2.05) is 0 Å². The molecule has 0 aliphatic carbocycles. The summed E-state index contributed by atoms with van der Waals surface area (Å²) in [4.78, 5) is 0. The van der Waals surface area contributed by atoms with Gasteiger partial charge in [-0.25, -0.2) is 0 Å². The van der Waals surface area contributed by atoms with E-state index in [0.29, 0.717) is 0 Å². The molecule has 11 heavy (non-hydrogen) atoms. The van der Waals surface area contributed by atoms with Crippen LogP contribution in [0.1, 0.15) is 26.2 Å². The fourth-order valence-corrected chi connectivity index (χ4v) is 1.18. The average Bonchev–Trinajstić information content (AvgIpc) is 1.81. The molecule has 0 aromatic rings. The van der Waals surface area contributed by atoms with Crippen LogP contribution in [0, 0.1) is 0 Å². The van der Waals surface area contributed by atoms with Crippen molar-refractivity contribution in [1.82, 2.24) is 0 Å². The average molecular weight is 290 g/mol. The molecule has 0 aliphatic heterocycles. The molecule has 0 aromatic carbocycles. The molecule has 0 radical (unpaired) electrons. The third kappa shape index (κ3) is 24.6. The summed E-state index contributed by atoms with van der Waals surface area (Å²) in [6.07, 6.45) is 6.33. The van der Waals surface area contributed by atoms with Crippen LogP contribution in [0.3, 0.4) is 0 Å². The summed E-state index contributed by atoms with van der Waals surface area (Å²) in [5.41, 5.74) is 2.37. The van der Waals surface area contributed by atoms with E-state index in [0.717, 1.165) is 0 Å². The summed E-state index contributed by atoms with van der Waals surface area (Å²) in [6.45, 7) is 4.54. The summed E-state index contributed by atoms with van der Waals surface area (Å²) in [5, 5.41) is 0. The molecule has 0 heterocycles. The van der Waals surface area contributed by atoms with Gasteiger partial charge in [-0.1, -0.05) is 32.4 Å². The molecule has 4 heteroatoms. The topological polar surface area (TPSA) is 0 Å². The van der Waals surface area contributed by atoms with Gasteiger partial charge in [0.25, 0.3) is 0 Å². The standard InChI is InChI=1S/C7H16Si.2ClH.Zr/c1-3-4-5-6-7-8-2;;;/h6-7H,3-5,8H2,1-2H3;2*1H;/q;;;+2/p-2. The first-order chi connectivity index (χ1) is 3.91. The summed E-state index contributed by atoms with van der Waals surface area (Å²) < 4.78 is 0. The third-order valence-corrected chi connectivity index (χ3v) is 1.93. The first-order valence-corrected chi connectivity index (χ1v) is 5.79. The van der Waals surface area contributed by atoms with Gasteiger partial charge < -0.3 is 24.8 Å². The molecule has 0 fully saturated rings. The minimum atomic E-state index is 0. The van der Waals surface area contributed by atoms with Crippen molar-refractivity contribution < 1.29 is 51.0 Å². The molecule has 0 aromatic heterocycles. The van der Waals surface area contributed by atoms with E-state index in [1.54, 1.807) is 0 Å².